The first kappa shape index (κ1) is 13.2. The van der Waals surface area contributed by atoms with Crippen molar-refractivity contribution in [1.82, 2.24) is 4.72 Å². The first-order chi connectivity index (χ1) is 6.70. The minimum atomic E-state index is -0.225. The summed E-state index contributed by atoms with van der Waals surface area (Å²) in [5.41, 5.74) is 0. The molecule has 0 heterocycles. The molecule has 0 rings (SSSR count). The standard InChI is InChI=1S/C8H15NO4S/c1-7(13-6-10)5-9-14-4-3-8(11)12-2/h6-7,9H,3-5H2,1-2H3. The van der Waals surface area contributed by atoms with Crippen molar-refractivity contribution in [2.24, 2.45) is 0 Å². The predicted octanol–water partition coefficient (Wildman–Crippen LogP) is 0.349. The largest absolute Gasteiger partial charge is 0.469 e. The van der Waals surface area contributed by atoms with E-state index in [1.807, 2.05) is 0 Å². The van der Waals surface area contributed by atoms with Crippen LogP contribution in [0.1, 0.15) is 13.3 Å². The van der Waals surface area contributed by atoms with Crippen LogP contribution in [0.2, 0.25) is 0 Å². The molecule has 0 bridgehead atoms. The van der Waals surface area contributed by atoms with Gasteiger partial charge in [0, 0.05) is 12.3 Å². The number of rotatable bonds is 8. The fraction of sp³-hybridized carbons (Fsp3) is 0.750. The molecule has 0 saturated heterocycles. The van der Waals surface area contributed by atoms with E-state index in [1.165, 1.54) is 19.1 Å². The average Bonchev–Trinajstić information content (AvgIpc) is 2.17. The van der Waals surface area contributed by atoms with Gasteiger partial charge in [-0.3, -0.25) is 14.3 Å². The Bertz CT molecular complexity index is 177. The molecule has 1 N–H and O–H groups in total. The van der Waals surface area contributed by atoms with E-state index < -0.39 is 0 Å². The van der Waals surface area contributed by atoms with Crippen LogP contribution in [-0.4, -0.2) is 38.0 Å². The van der Waals surface area contributed by atoms with E-state index in [4.69, 9.17) is 0 Å². The number of ether oxygens (including phenoxy) is 2. The number of carbonyl (C=O) groups excluding carboxylic acids is 2. The van der Waals surface area contributed by atoms with Crippen LogP contribution in [0, 0.1) is 0 Å². The average molecular weight is 221 g/mol. The molecule has 6 heteroatoms. The van der Waals surface area contributed by atoms with Crippen molar-refractivity contribution >= 4 is 24.4 Å². The number of methoxy groups -OCH3 is 1. The number of carbonyl (C=O) groups is 2. The normalized spacial score (nSPS) is 11.9. The van der Waals surface area contributed by atoms with Crippen LogP contribution in [0.5, 0.6) is 0 Å². The maximum Gasteiger partial charge on any atom is 0.306 e. The highest BCUT2D eigenvalue weighted by molar-refractivity contribution is 7.97. The molecule has 0 spiro atoms. The van der Waals surface area contributed by atoms with E-state index in [2.05, 4.69) is 14.2 Å². The molecule has 14 heavy (non-hydrogen) atoms. The lowest BCUT2D eigenvalue weighted by atomic mass is 10.4. The highest BCUT2D eigenvalue weighted by Crippen LogP contribution is 1.98. The summed E-state index contributed by atoms with van der Waals surface area (Å²) in [5, 5.41) is 0. The highest BCUT2D eigenvalue weighted by atomic mass is 32.2. The van der Waals surface area contributed by atoms with Crippen LogP contribution in [0.3, 0.4) is 0 Å². The predicted molar refractivity (Wildman–Crippen MR) is 53.7 cm³/mol. The number of nitrogens with one attached hydrogen (secondary N) is 1. The molecule has 0 aromatic carbocycles. The molecule has 0 fully saturated rings. The molecular weight excluding hydrogens is 206 g/mol. The fourth-order valence-electron chi connectivity index (χ4n) is 0.628. The summed E-state index contributed by atoms with van der Waals surface area (Å²) >= 11 is 1.40. The summed E-state index contributed by atoms with van der Waals surface area (Å²) in [6.45, 7) is 2.76. The van der Waals surface area contributed by atoms with Crippen LogP contribution in [0.4, 0.5) is 0 Å². The molecule has 0 aromatic rings. The van der Waals surface area contributed by atoms with Gasteiger partial charge in [0.15, 0.2) is 0 Å². The lowest BCUT2D eigenvalue weighted by Gasteiger charge is -2.09. The van der Waals surface area contributed by atoms with Crippen molar-refractivity contribution in [3.8, 4) is 0 Å². The molecule has 1 atom stereocenters. The molecule has 0 aliphatic rings. The second-order valence-corrected chi connectivity index (χ2v) is 3.55. The van der Waals surface area contributed by atoms with Crippen molar-refractivity contribution in [3.05, 3.63) is 0 Å². The SMILES string of the molecule is COC(=O)CCSNCC(C)OC=O. The van der Waals surface area contributed by atoms with Gasteiger partial charge in [0.2, 0.25) is 0 Å². The minimum Gasteiger partial charge on any atom is -0.469 e. The van der Waals surface area contributed by atoms with Gasteiger partial charge < -0.3 is 9.47 Å². The molecule has 0 saturated carbocycles. The van der Waals surface area contributed by atoms with E-state index in [1.54, 1.807) is 6.92 Å². The zero-order chi connectivity index (χ0) is 10.8. The Kier molecular flexibility index (Phi) is 8.36. The summed E-state index contributed by atoms with van der Waals surface area (Å²) in [7, 11) is 1.36. The van der Waals surface area contributed by atoms with Crippen LogP contribution >= 0.6 is 11.9 Å². The zero-order valence-electron chi connectivity index (χ0n) is 8.32. The molecule has 0 aromatic heterocycles. The third-order valence-corrected chi connectivity index (χ3v) is 2.18. The van der Waals surface area contributed by atoms with Crippen LogP contribution in [0.25, 0.3) is 0 Å². The van der Waals surface area contributed by atoms with Gasteiger partial charge in [0.1, 0.15) is 6.10 Å². The summed E-state index contributed by atoms with van der Waals surface area (Å²) < 4.78 is 12.1. The maximum atomic E-state index is 10.7. The Balaban J connectivity index is 3.20. The van der Waals surface area contributed by atoms with Crippen molar-refractivity contribution in [2.75, 3.05) is 19.4 Å². The zero-order valence-corrected chi connectivity index (χ0v) is 9.13. The quantitative estimate of drug-likeness (QED) is 0.276. The molecule has 0 aliphatic carbocycles. The summed E-state index contributed by atoms with van der Waals surface area (Å²) in [6.07, 6.45) is 0.218. The lowest BCUT2D eigenvalue weighted by Crippen LogP contribution is -2.22. The van der Waals surface area contributed by atoms with Gasteiger partial charge in [-0.25, -0.2) is 0 Å². The number of hydrogen-bond donors (Lipinski definition) is 1. The Hall–Kier alpha value is -0.750. The van der Waals surface area contributed by atoms with Gasteiger partial charge in [0.25, 0.3) is 6.47 Å². The summed E-state index contributed by atoms with van der Waals surface area (Å²) in [4.78, 5) is 20.6. The van der Waals surface area contributed by atoms with Crippen LogP contribution in [-0.2, 0) is 19.1 Å². The van der Waals surface area contributed by atoms with E-state index in [0.717, 1.165) is 0 Å². The van der Waals surface area contributed by atoms with Crippen molar-refractivity contribution < 1.29 is 19.1 Å². The number of esters is 1. The minimum absolute atomic E-state index is 0.155. The molecule has 1 unspecified atom stereocenters. The monoisotopic (exact) mass is 221 g/mol. The van der Waals surface area contributed by atoms with Crippen LogP contribution in [0.15, 0.2) is 0 Å². The Morgan fingerprint density at radius 1 is 1.64 bits per heavy atom. The van der Waals surface area contributed by atoms with Crippen molar-refractivity contribution in [1.29, 1.82) is 0 Å². The first-order valence-electron chi connectivity index (χ1n) is 4.21. The van der Waals surface area contributed by atoms with E-state index in [-0.39, 0.29) is 12.1 Å². The van der Waals surface area contributed by atoms with E-state index >= 15 is 0 Å². The van der Waals surface area contributed by atoms with Gasteiger partial charge in [-0.2, -0.15) is 0 Å². The summed E-state index contributed by atoms with van der Waals surface area (Å²) in [5.74, 6) is 0.414. The van der Waals surface area contributed by atoms with Gasteiger partial charge in [-0.05, 0) is 6.92 Å². The lowest BCUT2D eigenvalue weighted by molar-refractivity contribution is -0.140. The Labute approximate surface area is 87.7 Å². The second-order valence-electron chi connectivity index (χ2n) is 2.57. The third kappa shape index (κ3) is 7.88. The van der Waals surface area contributed by atoms with E-state index in [9.17, 15) is 9.59 Å². The van der Waals surface area contributed by atoms with E-state index in [0.29, 0.717) is 25.2 Å². The Morgan fingerprint density at radius 2 is 2.36 bits per heavy atom. The van der Waals surface area contributed by atoms with Gasteiger partial charge >= 0.3 is 5.97 Å². The smallest absolute Gasteiger partial charge is 0.306 e. The van der Waals surface area contributed by atoms with Gasteiger partial charge in [0.05, 0.1) is 13.5 Å². The maximum absolute atomic E-state index is 10.7. The topological polar surface area (TPSA) is 64.6 Å². The molecule has 0 amide bonds. The van der Waals surface area contributed by atoms with Gasteiger partial charge in [-0.15, -0.1) is 0 Å². The Morgan fingerprint density at radius 3 is 2.93 bits per heavy atom. The van der Waals surface area contributed by atoms with Gasteiger partial charge in [-0.1, -0.05) is 11.9 Å². The molecular formula is C8H15NO4S. The summed E-state index contributed by atoms with van der Waals surface area (Å²) in [6, 6.07) is 0. The fourth-order valence-corrected chi connectivity index (χ4v) is 1.39. The van der Waals surface area contributed by atoms with Crippen molar-refractivity contribution in [3.63, 3.8) is 0 Å². The molecule has 5 nitrogen and oxygen atoms in total. The first-order valence-corrected chi connectivity index (χ1v) is 5.19. The third-order valence-electron chi connectivity index (χ3n) is 1.40. The number of hydrogen-bond acceptors (Lipinski definition) is 6. The molecule has 82 valence electrons. The second kappa shape index (κ2) is 8.83. The molecule has 0 radical (unpaired) electrons. The highest BCUT2D eigenvalue weighted by Gasteiger charge is 2.02. The van der Waals surface area contributed by atoms with Crippen molar-refractivity contribution in [2.45, 2.75) is 19.4 Å². The van der Waals surface area contributed by atoms with Crippen LogP contribution < -0.4 is 4.72 Å². The molecule has 0 aliphatic heterocycles.